The van der Waals surface area contributed by atoms with Gasteiger partial charge in [-0.15, -0.1) is 11.3 Å². The summed E-state index contributed by atoms with van der Waals surface area (Å²) in [7, 11) is 0. The Balaban J connectivity index is 1.79. The summed E-state index contributed by atoms with van der Waals surface area (Å²) in [6.45, 7) is 10.7. The smallest absolute Gasteiger partial charge is 0.222 e. The van der Waals surface area contributed by atoms with E-state index >= 15 is 0 Å². The highest BCUT2D eigenvalue weighted by atomic mass is 32.1. The van der Waals surface area contributed by atoms with Crippen molar-refractivity contribution in [2.75, 3.05) is 32.7 Å². The lowest BCUT2D eigenvalue weighted by molar-refractivity contribution is -0.127. The SMILES string of the molecule is CCNC(=NCC(C)(C)c1cccs1)NCCCN1CCCC1=O. The van der Waals surface area contributed by atoms with Gasteiger partial charge in [-0.05, 0) is 31.2 Å². The first kappa shape index (κ1) is 18.8. The zero-order valence-corrected chi connectivity index (χ0v) is 15.9. The van der Waals surface area contributed by atoms with Crippen molar-refractivity contribution < 1.29 is 4.79 Å². The molecule has 0 saturated carbocycles. The molecule has 1 amide bonds. The van der Waals surface area contributed by atoms with E-state index in [1.807, 2.05) is 4.90 Å². The lowest BCUT2D eigenvalue weighted by atomic mass is 9.92. The highest BCUT2D eigenvalue weighted by Gasteiger charge is 2.21. The quantitative estimate of drug-likeness (QED) is 0.430. The summed E-state index contributed by atoms with van der Waals surface area (Å²) in [5.41, 5.74) is 0.0402. The molecular weight excluding hydrogens is 320 g/mol. The Morgan fingerprint density at radius 3 is 2.88 bits per heavy atom. The number of aliphatic imine (C=N–C) groups is 1. The van der Waals surface area contributed by atoms with Crippen molar-refractivity contribution in [2.45, 2.75) is 45.4 Å². The molecule has 2 N–H and O–H groups in total. The molecule has 0 aromatic carbocycles. The van der Waals surface area contributed by atoms with E-state index in [4.69, 9.17) is 4.99 Å². The van der Waals surface area contributed by atoms with E-state index in [1.165, 1.54) is 4.88 Å². The first-order valence-corrected chi connectivity index (χ1v) is 9.75. The molecular formula is C18H30N4OS. The van der Waals surface area contributed by atoms with Gasteiger partial charge >= 0.3 is 0 Å². The van der Waals surface area contributed by atoms with Crippen molar-refractivity contribution in [1.82, 2.24) is 15.5 Å². The number of thiophene rings is 1. The van der Waals surface area contributed by atoms with Crippen LogP contribution in [0.2, 0.25) is 0 Å². The van der Waals surface area contributed by atoms with Crippen LogP contribution in [0.4, 0.5) is 0 Å². The van der Waals surface area contributed by atoms with Crippen LogP contribution in [0.1, 0.15) is 44.9 Å². The van der Waals surface area contributed by atoms with Crippen molar-refractivity contribution in [3.63, 3.8) is 0 Å². The molecule has 0 radical (unpaired) electrons. The molecule has 2 rings (SSSR count). The van der Waals surface area contributed by atoms with E-state index in [1.54, 1.807) is 11.3 Å². The van der Waals surface area contributed by atoms with Gasteiger partial charge in [0.15, 0.2) is 5.96 Å². The van der Waals surface area contributed by atoms with Crippen LogP contribution in [-0.2, 0) is 10.2 Å². The second-order valence-electron chi connectivity index (χ2n) is 6.82. The summed E-state index contributed by atoms with van der Waals surface area (Å²) in [5.74, 6) is 1.16. The van der Waals surface area contributed by atoms with Crippen molar-refractivity contribution >= 4 is 23.2 Å². The normalized spacial score (nSPS) is 15.9. The molecule has 0 aliphatic carbocycles. The fraction of sp³-hybridized carbons (Fsp3) is 0.667. The van der Waals surface area contributed by atoms with Crippen LogP contribution >= 0.6 is 11.3 Å². The third-order valence-corrected chi connectivity index (χ3v) is 5.47. The number of hydrogen-bond acceptors (Lipinski definition) is 3. The fourth-order valence-corrected chi connectivity index (χ4v) is 3.62. The first-order valence-electron chi connectivity index (χ1n) is 8.87. The number of rotatable bonds is 8. The van der Waals surface area contributed by atoms with E-state index in [9.17, 15) is 4.79 Å². The number of nitrogens with zero attached hydrogens (tertiary/aromatic N) is 2. The monoisotopic (exact) mass is 350 g/mol. The molecule has 1 fully saturated rings. The maximum Gasteiger partial charge on any atom is 0.222 e. The number of nitrogens with one attached hydrogen (secondary N) is 2. The Kier molecular flexibility index (Phi) is 7.09. The van der Waals surface area contributed by atoms with Gasteiger partial charge < -0.3 is 15.5 Å². The zero-order valence-electron chi connectivity index (χ0n) is 15.1. The second-order valence-corrected chi connectivity index (χ2v) is 7.77. The average Bonchev–Trinajstić information content (AvgIpc) is 3.21. The van der Waals surface area contributed by atoms with E-state index in [0.29, 0.717) is 5.91 Å². The van der Waals surface area contributed by atoms with Crippen LogP contribution in [-0.4, -0.2) is 49.5 Å². The van der Waals surface area contributed by atoms with Crippen molar-refractivity contribution in [1.29, 1.82) is 0 Å². The molecule has 1 aromatic heterocycles. The largest absolute Gasteiger partial charge is 0.357 e. The topological polar surface area (TPSA) is 56.7 Å². The second kappa shape index (κ2) is 9.06. The van der Waals surface area contributed by atoms with Crippen LogP contribution in [0.15, 0.2) is 22.5 Å². The molecule has 0 bridgehead atoms. The van der Waals surface area contributed by atoms with Crippen molar-refractivity contribution in [2.24, 2.45) is 4.99 Å². The molecule has 0 unspecified atom stereocenters. The summed E-state index contributed by atoms with van der Waals surface area (Å²) < 4.78 is 0. The lowest BCUT2D eigenvalue weighted by Gasteiger charge is -2.22. The molecule has 5 nitrogen and oxygen atoms in total. The first-order chi connectivity index (χ1) is 11.5. The van der Waals surface area contributed by atoms with Crippen LogP contribution in [0.3, 0.4) is 0 Å². The molecule has 0 spiro atoms. The lowest BCUT2D eigenvalue weighted by Crippen LogP contribution is -2.39. The van der Waals surface area contributed by atoms with Gasteiger partial charge in [0, 0.05) is 42.9 Å². The molecule has 24 heavy (non-hydrogen) atoms. The molecule has 2 heterocycles. The number of amides is 1. The summed E-state index contributed by atoms with van der Waals surface area (Å²) >= 11 is 1.78. The van der Waals surface area contributed by atoms with Crippen molar-refractivity contribution in [3.8, 4) is 0 Å². The predicted molar refractivity (Wildman–Crippen MR) is 102 cm³/mol. The molecule has 1 aromatic rings. The highest BCUT2D eigenvalue weighted by Crippen LogP contribution is 2.27. The van der Waals surface area contributed by atoms with Gasteiger partial charge in [-0.1, -0.05) is 19.9 Å². The van der Waals surface area contributed by atoms with Gasteiger partial charge in [0.25, 0.3) is 0 Å². The number of likely N-dealkylation sites (tertiary alicyclic amines) is 1. The van der Waals surface area contributed by atoms with Crippen LogP contribution in [0.5, 0.6) is 0 Å². The molecule has 6 heteroatoms. The Morgan fingerprint density at radius 1 is 1.42 bits per heavy atom. The van der Waals surface area contributed by atoms with Crippen LogP contribution < -0.4 is 10.6 Å². The minimum absolute atomic E-state index is 0.0402. The summed E-state index contributed by atoms with van der Waals surface area (Å²) in [6.07, 6.45) is 2.67. The highest BCUT2D eigenvalue weighted by molar-refractivity contribution is 7.10. The molecule has 0 atom stereocenters. The summed E-state index contributed by atoms with van der Waals surface area (Å²) in [5, 5.41) is 8.80. The maximum atomic E-state index is 11.6. The minimum Gasteiger partial charge on any atom is -0.357 e. The van der Waals surface area contributed by atoms with Crippen LogP contribution in [0, 0.1) is 0 Å². The van der Waals surface area contributed by atoms with Crippen molar-refractivity contribution in [3.05, 3.63) is 22.4 Å². The standard InChI is InChI=1S/C18H30N4OS/c1-4-19-17(20-10-7-12-22-11-5-9-16(22)23)21-14-18(2,3)15-8-6-13-24-15/h6,8,13H,4-5,7,9-12,14H2,1-3H3,(H2,19,20,21). The minimum atomic E-state index is 0.0402. The summed E-state index contributed by atoms with van der Waals surface area (Å²) in [4.78, 5) is 19.7. The third-order valence-electron chi connectivity index (χ3n) is 4.23. The van der Waals surface area contributed by atoms with E-state index < -0.39 is 0 Å². The van der Waals surface area contributed by atoms with E-state index in [-0.39, 0.29) is 5.41 Å². The van der Waals surface area contributed by atoms with E-state index in [2.05, 4.69) is 48.9 Å². The van der Waals surface area contributed by atoms with Gasteiger partial charge in [0.05, 0.1) is 6.54 Å². The number of carbonyl (C=O) groups is 1. The molecule has 134 valence electrons. The fourth-order valence-electron chi connectivity index (χ4n) is 2.78. The van der Waals surface area contributed by atoms with Gasteiger partial charge in [0.1, 0.15) is 0 Å². The summed E-state index contributed by atoms with van der Waals surface area (Å²) in [6, 6.07) is 4.27. The number of carbonyl (C=O) groups excluding carboxylic acids is 1. The van der Waals surface area contributed by atoms with Gasteiger partial charge in [-0.25, -0.2) is 0 Å². The number of hydrogen-bond donors (Lipinski definition) is 2. The van der Waals surface area contributed by atoms with Gasteiger partial charge in [-0.3, -0.25) is 9.79 Å². The van der Waals surface area contributed by atoms with Gasteiger partial charge in [0.2, 0.25) is 5.91 Å². The Hall–Kier alpha value is -1.56. The Morgan fingerprint density at radius 2 is 2.25 bits per heavy atom. The third kappa shape index (κ3) is 5.51. The average molecular weight is 351 g/mol. The molecule has 1 aliphatic heterocycles. The predicted octanol–water partition coefficient (Wildman–Crippen LogP) is 2.59. The maximum absolute atomic E-state index is 11.6. The number of guanidine groups is 1. The van der Waals surface area contributed by atoms with E-state index in [0.717, 1.165) is 57.9 Å². The molecule has 1 saturated heterocycles. The molecule has 1 aliphatic rings. The zero-order chi connectivity index (χ0) is 17.4. The Bertz CT molecular complexity index is 539. The van der Waals surface area contributed by atoms with Crippen LogP contribution in [0.25, 0.3) is 0 Å². The Labute approximate surface area is 149 Å². The van der Waals surface area contributed by atoms with Gasteiger partial charge in [-0.2, -0.15) is 0 Å².